The summed E-state index contributed by atoms with van der Waals surface area (Å²) in [4.78, 5) is 0. The number of nitrogens with one attached hydrogen (secondary N) is 1. The highest BCUT2D eigenvalue weighted by atomic mass is 79.9. The molecule has 2 rings (SSSR count). The van der Waals surface area contributed by atoms with Crippen LogP contribution in [0.25, 0.3) is 0 Å². The molecule has 0 spiro atoms. The summed E-state index contributed by atoms with van der Waals surface area (Å²) in [5.41, 5.74) is 2.24. The van der Waals surface area contributed by atoms with Gasteiger partial charge in [-0.2, -0.15) is 11.3 Å². The van der Waals surface area contributed by atoms with Crippen LogP contribution in [-0.2, 0) is 0 Å². The molecule has 0 aliphatic heterocycles. The second kappa shape index (κ2) is 6.97. The minimum absolute atomic E-state index is 0.0653. The van der Waals surface area contributed by atoms with Crippen LogP contribution in [0, 0.1) is 5.82 Å². The maximum atomic E-state index is 13.2. The Balaban J connectivity index is 2.40. The highest BCUT2D eigenvalue weighted by molar-refractivity contribution is 9.10. The largest absolute Gasteiger partial charge is 0.306 e. The Morgan fingerprint density at radius 1 is 1.21 bits per heavy atom. The third kappa shape index (κ3) is 3.66. The van der Waals surface area contributed by atoms with Gasteiger partial charge in [0.1, 0.15) is 5.82 Å². The quantitative estimate of drug-likeness (QED) is 0.690. The van der Waals surface area contributed by atoms with E-state index in [4.69, 9.17) is 0 Å². The van der Waals surface area contributed by atoms with Gasteiger partial charge in [-0.3, -0.25) is 0 Å². The average molecular weight is 407 g/mol. The summed E-state index contributed by atoms with van der Waals surface area (Å²) in [6.07, 6.45) is 1.05. The molecule has 0 radical (unpaired) electrons. The molecule has 0 bridgehead atoms. The molecule has 1 aromatic carbocycles. The van der Waals surface area contributed by atoms with Crippen molar-refractivity contribution < 1.29 is 4.39 Å². The summed E-state index contributed by atoms with van der Waals surface area (Å²) in [6, 6.07) is 4.91. The molecule has 5 heteroatoms. The van der Waals surface area contributed by atoms with Gasteiger partial charge in [0.15, 0.2) is 0 Å². The Hall–Kier alpha value is -0.230. The van der Waals surface area contributed by atoms with E-state index >= 15 is 0 Å². The fraction of sp³-hybridized carbons (Fsp3) is 0.286. The second-order valence-corrected chi connectivity index (χ2v) is 6.68. The van der Waals surface area contributed by atoms with Gasteiger partial charge in [0.2, 0.25) is 0 Å². The van der Waals surface area contributed by atoms with Gasteiger partial charge in [-0.15, -0.1) is 0 Å². The number of halogens is 3. The molecule has 1 aromatic heterocycles. The van der Waals surface area contributed by atoms with Crippen molar-refractivity contribution in [3.05, 3.63) is 54.8 Å². The topological polar surface area (TPSA) is 12.0 Å². The van der Waals surface area contributed by atoms with Crippen molar-refractivity contribution in [3.63, 3.8) is 0 Å². The number of hydrogen-bond acceptors (Lipinski definition) is 2. The van der Waals surface area contributed by atoms with Crippen molar-refractivity contribution in [1.29, 1.82) is 0 Å². The zero-order chi connectivity index (χ0) is 13.8. The fourth-order valence-electron chi connectivity index (χ4n) is 1.91. The number of hydrogen-bond donors (Lipinski definition) is 1. The van der Waals surface area contributed by atoms with E-state index in [0.717, 1.165) is 27.5 Å². The molecular formula is C14H14Br2FNS. The van der Waals surface area contributed by atoms with Gasteiger partial charge in [-0.05, 0) is 57.5 Å². The second-order valence-electron chi connectivity index (χ2n) is 4.23. The number of thiophene rings is 1. The van der Waals surface area contributed by atoms with Gasteiger partial charge >= 0.3 is 0 Å². The minimum Gasteiger partial charge on any atom is -0.306 e. The first-order chi connectivity index (χ1) is 9.13. The molecule has 19 heavy (non-hydrogen) atoms. The van der Waals surface area contributed by atoms with Crippen LogP contribution in [0.4, 0.5) is 4.39 Å². The molecule has 1 heterocycles. The van der Waals surface area contributed by atoms with Crippen LogP contribution in [-0.4, -0.2) is 6.54 Å². The average Bonchev–Trinajstić information content (AvgIpc) is 2.78. The van der Waals surface area contributed by atoms with E-state index in [2.05, 4.69) is 54.9 Å². The van der Waals surface area contributed by atoms with Crippen molar-refractivity contribution in [1.82, 2.24) is 5.32 Å². The number of benzene rings is 1. The molecule has 0 aliphatic rings. The molecule has 1 atom stereocenters. The lowest BCUT2D eigenvalue weighted by Gasteiger charge is -2.20. The summed E-state index contributed by atoms with van der Waals surface area (Å²) in [7, 11) is 0. The summed E-state index contributed by atoms with van der Waals surface area (Å²) < 4.78 is 15.1. The Kier molecular flexibility index (Phi) is 5.57. The maximum absolute atomic E-state index is 13.2. The van der Waals surface area contributed by atoms with E-state index in [1.54, 1.807) is 11.3 Å². The summed E-state index contributed by atoms with van der Waals surface area (Å²) in [5, 5.41) is 7.69. The monoisotopic (exact) mass is 405 g/mol. The van der Waals surface area contributed by atoms with Gasteiger partial charge in [0, 0.05) is 14.3 Å². The lowest BCUT2D eigenvalue weighted by atomic mass is 10.0. The van der Waals surface area contributed by atoms with Crippen LogP contribution < -0.4 is 5.32 Å². The van der Waals surface area contributed by atoms with E-state index in [-0.39, 0.29) is 11.9 Å². The molecule has 102 valence electrons. The van der Waals surface area contributed by atoms with Crippen molar-refractivity contribution in [2.75, 3.05) is 6.54 Å². The van der Waals surface area contributed by atoms with Crippen LogP contribution in [0.15, 0.2) is 37.9 Å². The molecule has 0 saturated carbocycles. The number of rotatable bonds is 5. The lowest BCUT2D eigenvalue weighted by Crippen LogP contribution is -2.23. The molecule has 2 aromatic rings. The zero-order valence-electron chi connectivity index (χ0n) is 10.4. The third-order valence-corrected chi connectivity index (χ3v) is 5.26. The first-order valence-electron chi connectivity index (χ1n) is 6.03. The Morgan fingerprint density at radius 2 is 2.00 bits per heavy atom. The van der Waals surface area contributed by atoms with Gasteiger partial charge in [-0.25, -0.2) is 4.39 Å². The Bertz CT molecular complexity index is 556. The molecule has 0 saturated heterocycles. The Labute approximate surface area is 133 Å². The van der Waals surface area contributed by atoms with Crippen molar-refractivity contribution >= 4 is 43.2 Å². The van der Waals surface area contributed by atoms with Gasteiger partial charge in [0.25, 0.3) is 0 Å². The van der Waals surface area contributed by atoms with Crippen molar-refractivity contribution in [2.45, 2.75) is 19.4 Å². The van der Waals surface area contributed by atoms with Crippen LogP contribution in [0.1, 0.15) is 30.5 Å². The van der Waals surface area contributed by atoms with Crippen LogP contribution >= 0.6 is 43.2 Å². The van der Waals surface area contributed by atoms with E-state index in [0.29, 0.717) is 0 Å². The molecule has 0 amide bonds. The summed E-state index contributed by atoms with van der Waals surface area (Å²) >= 11 is 8.69. The fourth-order valence-corrected chi connectivity index (χ4v) is 4.04. The van der Waals surface area contributed by atoms with Gasteiger partial charge in [0.05, 0.1) is 6.04 Å². The van der Waals surface area contributed by atoms with Crippen molar-refractivity contribution in [3.8, 4) is 0 Å². The smallest absolute Gasteiger partial charge is 0.124 e. The molecule has 1 unspecified atom stereocenters. The van der Waals surface area contributed by atoms with Crippen LogP contribution in [0.3, 0.4) is 0 Å². The van der Waals surface area contributed by atoms with Gasteiger partial charge < -0.3 is 5.32 Å². The standard InChI is InChI=1S/C14H14Br2FNS/c1-2-5-18-14(11-7-19-8-13(11)16)10-4-3-9(17)6-12(10)15/h3-4,6-8,14,18H,2,5H2,1H3. The third-order valence-electron chi connectivity index (χ3n) is 2.83. The highest BCUT2D eigenvalue weighted by Gasteiger charge is 2.19. The van der Waals surface area contributed by atoms with Crippen LogP contribution in [0.2, 0.25) is 0 Å². The zero-order valence-corrected chi connectivity index (χ0v) is 14.4. The minimum atomic E-state index is -0.228. The van der Waals surface area contributed by atoms with Crippen LogP contribution in [0.5, 0.6) is 0 Å². The lowest BCUT2D eigenvalue weighted by molar-refractivity contribution is 0.590. The van der Waals surface area contributed by atoms with E-state index in [9.17, 15) is 4.39 Å². The summed E-state index contributed by atoms with van der Waals surface area (Å²) in [5.74, 6) is -0.228. The van der Waals surface area contributed by atoms with E-state index < -0.39 is 0 Å². The maximum Gasteiger partial charge on any atom is 0.124 e. The molecule has 0 fully saturated rings. The molecular weight excluding hydrogens is 393 g/mol. The van der Waals surface area contributed by atoms with Gasteiger partial charge in [-0.1, -0.05) is 28.9 Å². The van der Waals surface area contributed by atoms with Crippen molar-refractivity contribution in [2.24, 2.45) is 0 Å². The van der Waals surface area contributed by atoms with E-state index in [1.165, 1.54) is 17.7 Å². The molecule has 1 N–H and O–H groups in total. The predicted octanol–water partition coefficient (Wildman–Crippen LogP) is 5.50. The summed E-state index contributed by atoms with van der Waals surface area (Å²) in [6.45, 7) is 3.04. The van der Waals surface area contributed by atoms with E-state index in [1.807, 2.05) is 6.07 Å². The molecule has 1 nitrogen and oxygen atoms in total. The highest BCUT2D eigenvalue weighted by Crippen LogP contribution is 2.35. The normalized spacial score (nSPS) is 12.6. The first-order valence-corrected chi connectivity index (χ1v) is 8.56. The predicted molar refractivity (Wildman–Crippen MR) is 86.3 cm³/mol. The first kappa shape index (κ1) is 15.2. The SMILES string of the molecule is CCCNC(c1ccc(F)cc1Br)c1cscc1Br. The molecule has 0 aliphatic carbocycles. The Morgan fingerprint density at radius 3 is 2.58 bits per heavy atom.